The summed E-state index contributed by atoms with van der Waals surface area (Å²) in [6.45, 7) is 6.11. The van der Waals surface area contributed by atoms with E-state index in [2.05, 4.69) is 6.92 Å². The van der Waals surface area contributed by atoms with Gasteiger partial charge in [0.25, 0.3) is 0 Å². The maximum atomic E-state index is 12.6. The molecule has 0 amide bonds. The van der Waals surface area contributed by atoms with Crippen molar-refractivity contribution in [2.24, 2.45) is 0 Å². The topological polar surface area (TPSA) is 0 Å². The molecule has 0 aliphatic heterocycles. The van der Waals surface area contributed by atoms with E-state index < -0.39 is 0 Å². The molecule has 0 N–H and O–H groups in total. The van der Waals surface area contributed by atoms with Crippen molar-refractivity contribution in [1.82, 2.24) is 0 Å². The van der Waals surface area contributed by atoms with Crippen molar-refractivity contribution in [2.75, 3.05) is 0 Å². The summed E-state index contributed by atoms with van der Waals surface area (Å²) in [5.74, 6) is 0.0310. The molecule has 0 nitrogen and oxygen atoms in total. The lowest BCUT2D eigenvalue weighted by Gasteiger charge is -1.97. The summed E-state index contributed by atoms with van der Waals surface area (Å²) in [5.41, 5.74) is 1.37. The van der Waals surface area contributed by atoms with E-state index in [9.17, 15) is 4.39 Å². The van der Waals surface area contributed by atoms with Crippen LogP contribution >= 0.6 is 0 Å². The fraction of sp³-hybridized carbons (Fsp3) is 0.636. The number of hydrogen-bond donors (Lipinski definition) is 0. The number of allylic oxidation sites excluding steroid dienone is 4. The lowest BCUT2D eigenvalue weighted by Crippen LogP contribution is -1.78. The minimum absolute atomic E-state index is 0.0310. The Balaban J connectivity index is 0.000000561. The van der Waals surface area contributed by atoms with Gasteiger partial charge in [-0.05, 0) is 31.8 Å². The second kappa shape index (κ2) is 7.08. The standard InChI is InChI=1S/C9H13F.C2H6/c1-2-8-4-3-5-9(10)7-6-8;1-2/h6-7H,2-5H2,1H3;1-2H3. The predicted molar refractivity (Wildman–Crippen MR) is 52.8 cm³/mol. The Kier molecular flexibility index (Phi) is 6.73. The molecule has 70 valence electrons. The average Bonchev–Trinajstić information content (AvgIpc) is 2.33. The summed E-state index contributed by atoms with van der Waals surface area (Å²) < 4.78 is 12.6. The minimum Gasteiger partial charge on any atom is -0.212 e. The Morgan fingerprint density at radius 3 is 2.50 bits per heavy atom. The molecule has 0 bridgehead atoms. The van der Waals surface area contributed by atoms with Crippen LogP contribution in [0.4, 0.5) is 4.39 Å². The first kappa shape index (κ1) is 11.4. The Labute approximate surface area is 75.2 Å². The lowest BCUT2D eigenvalue weighted by atomic mass is 10.1. The Bertz CT molecular complexity index is 166. The van der Waals surface area contributed by atoms with Gasteiger partial charge in [0.05, 0.1) is 5.83 Å². The third-order valence-electron chi connectivity index (χ3n) is 1.87. The van der Waals surface area contributed by atoms with Gasteiger partial charge in [0.2, 0.25) is 0 Å². The van der Waals surface area contributed by atoms with Crippen molar-refractivity contribution in [1.29, 1.82) is 0 Å². The maximum Gasteiger partial charge on any atom is 0.0999 e. The third kappa shape index (κ3) is 4.32. The zero-order valence-electron chi connectivity index (χ0n) is 8.36. The van der Waals surface area contributed by atoms with Gasteiger partial charge in [-0.2, -0.15) is 0 Å². The Hall–Kier alpha value is -0.590. The second-order valence-corrected chi connectivity index (χ2v) is 2.65. The molecular formula is C11H19F. The predicted octanol–water partition coefficient (Wildman–Crippen LogP) is 4.39. The monoisotopic (exact) mass is 170 g/mol. The van der Waals surface area contributed by atoms with Gasteiger partial charge in [-0.15, -0.1) is 0 Å². The molecule has 1 rings (SSSR count). The first-order valence-corrected chi connectivity index (χ1v) is 4.87. The molecule has 0 saturated carbocycles. The van der Waals surface area contributed by atoms with Crippen LogP contribution in [0, 0.1) is 0 Å². The largest absolute Gasteiger partial charge is 0.212 e. The highest BCUT2D eigenvalue weighted by molar-refractivity contribution is 5.17. The van der Waals surface area contributed by atoms with Crippen LogP contribution < -0.4 is 0 Å². The molecule has 0 spiro atoms. The average molecular weight is 170 g/mol. The van der Waals surface area contributed by atoms with E-state index in [1.807, 2.05) is 19.9 Å². The summed E-state index contributed by atoms with van der Waals surface area (Å²) >= 11 is 0. The third-order valence-corrected chi connectivity index (χ3v) is 1.87. The van der Waals surface area contributed by atoms with Gasteiger partial charge in [0.1, 0.15) is 0 Å². The highest BCUT2D eigenvalue weighted by Gasteiger charge is 2.01. The van der Waals surface area contributed by atoms with Crippen LogP contribution in [0.25, 0.3) is 0 Å². The van der Waals surface area contributed by atoms with Crippen molar-refractivity contribution in [3.63, 3.8) is 0 Å². The highest BCUT2D eigenvalue weighted by Crippen LogP contribution is 2.19. The number of rotatable bonds is 1. The van der Waals surface area contributed by atoms with E-state index in [1.165, 1.54) is 5.57 Å². The Morgan fingerprint density at radius 2 is 1.92 bits per heavy atom. The summed E-state index contributed by atoms with van der Waals surface area (Å²) in [5, 5.41) is 0. The van der Waals surface area contributed by atoms with Gasteiger partial charge in [-0.3, -0.25) is 0 Å². The van der Waals surface area contributed by atoms with Crippen molar-refractivity contribution in [2.45, 2.75) is 46.5 Å². The van der Waals surface area contributed by atoms with Gasteiger partial charge in [-0.1, -0.05) is 32.4 Å². The maximum absolute atomic E-state index is 12.6. The van der Waals surface area contributed by atoms with Crippen LogP contribution in [0.15, 0.2) is 23.6 Å². The molecule has 0 atom stereocenters. The molecule has 0 fully saturated rings. The van der Waals surface area contributed by atoms with Gasteiger partial charge in [-0.25, -0.2) is 4.39 Å². The summed E-state index contributed by atoms with van der Waals surface area (Å²) in [6, 6.07) is 0. The molecule has 0 heterocycles. The molecule has 0 aromatic rings. The molecule has 0 aromatic heterocycles. The quantitative estimate of drug-likeness (QED) is 0.547. The molecule has 1 heteroatoms. The SMILES string of the molecule is CC.CCC1=CC=C(F)CCC1. The summed E-state index contributed by atoms with van der Waals surface area (Å²) in [7, 11) is 0. The smallest absolute Gasteiger partial charge is 0.0999 e. The minimum atomic E-state index is 0.0310. The first-order chi connectivity index (χ1) is 5.83. The van der Waals surface area contributed by atoms with Crippen LogP contribution in [-0.4, -0.2) is 0 Å². The van der Waals surface area contributed by atoms with Gasteiger partial charge >= 0.3 is 0 Å². The van der Waals surface area contributed by atoms with Crippen molar-refractivity contribution in [3.8, 4) is 0 Å². The van der Waals surface area contributed by atoms with E-state index in [1.54, 1.807) is 6.08 Å². The summed E-state index contributed by atoms with van der Waals surface area (Å²) in [4.78, 5) is 0. The highest BCUT2D eigenvalue weighted by atomic mass is 19.1. The van der Waals surface area contributed by atoms with E-state index in [0.29, 0.717) is 6.42 Å². The van der Waals surface area contributed by atoms with E-state index >= 15 is 0 Å². The van der Waals surface area contributed by atoms with Gasteiger partial charge in [0, 0.05) is 0 Å². The van der Waals surface area contributed by atoms with Crippen molar-refractivity contribution < 1.29 is 4.39 Å². The first-order valence-electron chi connectivity index (χ1n) is 4.87. The van der Waals surface area contributed by atoms with Gasteiger partial charge in [0.15, 0.2) is 0 Å². The van der Waals surface area contributed by atoms with Gasteiger partial charge < -0.3 is 0 Å². The number of hydrogen-bond acceptors (Lipinski definition) is 0. The van der Waals surface area contributed by atoms with E-state index in [4.69, 9.17) is 0 Å². The lowest BCUT2D eigenvalue weighted by molar-refractivity contribution is 0.576. The zero-order chi connectivity index (χ0) is 9.40. The molecule has 0 aromatic carbocycles. The van der Waals surface area contributed by atoms with Crippen LogP contribution in [0.1, 0.15) is 46.5 Å². The molecule has 0 unspecified atom stereocenters. The molecule has 12 heavy (non-hydrogen) atoms. The molecular weight excluding hydrogens is 151 g/mol. The Morgan fingerprint density at radius 1 is 1.25 bits per heavy atom. The van der Waals surface area contributed by atoms with Crippen molar-refractivity contribution >= 4 is 0 Å². The zero-order valence-corrected chi connectivity index (χ0v) is 8.36. The van der Waals surface area contributed by atoms with E-state index in [0.717, 1.165) is 19.3 Å². The van der Waals surface area contributed by atoms with Crippen molar-refractivity contribution in [3.05, 3.63) is 23.6 Å². The summed E-state index contributed by atoms with van der Waals surface area (Å²) in [6.07, 6.45) is 7.25. The molecule has 1 aliphatic carbocycles. The van der Waals surface area contributed by atoms with Crippen LogP contribution in [0.5, 0.6) is 0 Å². The fourth-order valence-electron chi connectivity index (χ4n) is 1.15. The van der Waals surface area contributed by atoms with Crippen LogP contribution in [-0.2, 0) is 0 Å². The molecule has 0 saturated heterocycles. The van der Waals surface area contributed by atoms with Crippen LogP contribution in [0.2, 0.25) is 0 Å². The molecule has 0 radical (unpaired) electrons. The molecule has 1 aliphatic rings. The second-order valence-electron chi connectivity index (χ2n) is 2.65. The fourth-order valence-corrected chi connectivity index (χ4v) is 1.15. The van der Waals surface area contributed by atoms with Crippen LogP contribution in [0.3, 0.4) is 0 Å². The normalized spacial score (nSPS) is 16.7. The van der Waals surface area contributed by atoms with E-state index in [-0.39, 0.29) is 5.83 Å². The number of halogens is 1.